The van der Waals surface area contributed by atoms with E-state index in [2.05, 4.69) is 38.2 Å². The van der Waals surface area contributed by atoms with E-state index < -0.39 is 0 Å². The molecule has 4 heteroatoms. The van der Waals surface area contributed by atoms with Crippen molar-refractivity contribution in [1.29, 1.82) is 0 Å². The summed E-state index contributed by atoms with van der Waals surface area (Å²) in [6, 6.07) is 6.27. The van der Waals surface area contributed by atoms with E-state index in [1.807, 2.05) is 6.07 Å². The molecule has 0 bridgehead atoms. The van der Waals surface area contributed by atoms with Crippen LogP contribution in [0.15, 0.2) is 18.2 Å². The summed E-state index contributed by atoms with van der Waals surface area (Å²) in [6.45, 7) is 7.46. The highest BCUT2D eigenvalue weighted by Crippen LogP contribution is 2.28. The largest absolute Gasteiger partial charge is 0.496 e. The quantitative estimate of drug-likeness (QED) is 0.767. The van der Waals surface area contributed by atoms with Gasteiger partial charge in [0, 0.05) is 0 Å². The van der Waals surface area contributed by atoms with Crippen LogP contribution in [0, 0.1) is 0 Å². The molecule has 1 amide bonds. The topological polar surface area (TPSA) is 64.3 Å². The minimum Gasteiger partial charge on any atom is -0.496 e. The minimum absolute atomic E-state index is 0.113. The molecule has 0 aromatic heterocycles. The van der Waals surface area contributed by atoms with E-state index in [9.17, 15) is 4.79 Å². The van der Waals surface area contributed by atoms with Gasteiger partial charge in [-0.15, -0.1) is 0 Å². The lowest BCUT2D eigenvalue weighted by atomic mass is 9.85. The van der Waals surface area contributed by atoms with E-state index in [-0.39, 0.29) is 17.9 Å². The third-order valence-electron chi connectivity index (χ3n) is 3.02. The minimum atomic E-state index is -0.338. The highest BCUT2D eigenvalue weighted by atomic mass is 16.5. The molecule has 1 aromatic carbocycles. The molecule has 0 saturated heterocycles. The molecular formula is C15H24N2O2. The molecular weight excluding hydrogens is 240 g/mol. The molecule has 0 unspecified atom stereocenters. The van der Waals surface area contributed by atoms with E-state index in [0.29, 0.717) is 6.54 Å². The van der Waals surface area contributed by atoms with E-state index in [0.717, 1.165) is 17.7 Å². The zero-order chi connectivity index (χ0) is 14.5. The molecule has 3 N–H and O–H groups in total. The van der Waals surface area contributed by atoms with Crippen LogP contribution in [-0.2, 0) is 16.6 Å². The number of benzene rings is 1. The predicted octanol–water partition coefficient (Wildman–Crippen LogP) is 1.61. The normalized spacial score (nSPS) is 11.4. The first-order valence-corrected chi connectivity index (χ1v) is 6.51. The average molecular weight is 264 g/mol. The average Bonchev–Trinajstić information content (AvgIpc) is 2.33. The number of methoxy groups -OCH3 is 1. The van der Waals surface area contributed by atoms with E-state index >= 15 is 0 Å². The van der Waals surface area contributed by atoms with Gasteiger partial charge in [0.25, 0.3) is 0 Å². The lowest BCUT2D eigenvalue weighted by Crippen LogP contribution is -2.30. The van der Waals surface area contributed by atoms with Crippen molar-refractivity contribution >= 4 is 5.91 Å². The SMILES string of the molecule is COc1ccc(C(C)(C)C)cc1CCNCC(N)=O. The second-order valence-electron chi connectivity index (χ2n) is 5.67. The van der Waals surface area contributed by atoms with Crippen molar-refractivity contribution in [3.8, 4) is 5.75 Å². The van der Waals surface area contributed by atoms with Crippen molar-refractivity contribution in [2.45, 2.75) is 32.6 Å². The van der Waals surface area contributed by atoms with Gasteiger partial charge in [-0.05, 0) is 35.6 Å². The number of hydrogen-bond donors (Lipinski definition) is 2. The molecule has 0 aliphatic rings. The van der Waals surface area contributed by atoms with E-state index in [4.69, 9.17) is 10.5 Å². The number of nitrogens with one attached hydrogen (secondary N) is 1. The van der Waals surface area contributed by atoms with Crippen molar-refractivity contribution in [1.82, 2.24) is 5.32 Å². The summed E-state index contributed by atoms with van der Waals surface area (Å²) in [5.74, 6) is 0.546. The molecule has 0 aliphatic carbocycles. The van der Waals surface area contributed by atoms with Gasteiger partial charge in [0.05, 0.1) is 13.7 Å². The smallest absolute Gasteiger partial charge is 0.231 e. The van der Waals surface area contributed by atoms with Crippen LogP contribution in [0.1, 0.15) is 31.9 Å². The van der Waals surface area contributed by atoms with Crippen LogP contribution >= 0.6 is 0 Å². The first kappa shape index (κ1) is 15.5. The van der Waals surface area contributed by atoms with Gasteiger partial charge in [-0.1, -0.05) is 32.9 Å². The van der Waals surface area contributed by atoms with Crippen LogP contribution in [0.3, 0.4) is 0 Å². The summed E-state index contributed by atoms with van der Waals surface area (Å²) in [6.07, 6.45) is 0.806. The fourth-order valence-electron chi connectivity index (χ4n) is 1.88. The van der Waals surface area contributed by atoms with Gasteiger partial charge in [0.2, 0.25) is 5.91 Å². The number of ether oxygens (including phenoxy) is 1. The van der Waals surface area contributed by atoms with Gasteiger partial charge in [-0.25, -0.2) is 0 Å². The summed E-state index contributed by atoms with van der Waals surface area (Å²) >= 11 is 0. The zero-order valence-corrected chi connectivity index (χ0v) is 12.2. The third-order valence-corrected chi connectivity index (χ3v) is 3.02. The van der Waals surface area contributed by atoms with Gasteiger partial charge in [0.1, 0.15) is 5.75 Å². The molecule has 0 atom stereocenters. The maximum Gasteiger partial charge on any atom is 0.231 e. The lowest BCUT2D eigenvalue weighted by molar-refractivity contribution is -0.117. The molecule has 0 saturated carbocycles. The Morgan fingerprint density at radius 2 is 2.05 bits per heavy atom. The Balaban J connectivity index is 2.76. The summed E-state index contributed by atoms with van der Waals surface area (Å²) in [7, 11) is 1.67. The number of rotatable bonds is 6. The van der Waals surface area contributed by atoms with Gasteiger partial charge >= 0.3 is 0 Å². The zero-order valence-electron chi connectivity index (χ0n) is 12.2. The van der Waals surface area contributed by atoms with Crippen molar-refractivity contribution in [3.63, 3.8) is 0 Å². The Kier molecular flexibility index (Phi) is 5.36. The molecule has 0 fully saturated rings. The van der Waals surface area contributed by atoms with Crippen molar-refractivity contribution in [2.24, 2.45) is 5.73 Å². The fraction of sp³-hybridized carbons (Fsp3) is 0.533. The maximum absolute atomic E-state index is 10.7. The van der Waals surface area contributed by atoms with Crippen LogP contribution in [0.2, 0.25) is 0 Å². The molecule has 0 aliphatic heterocycles. The molecule has 1 rings (SSSR count). The molecule has 0 spiro atoms. The molecule has 4 nitrogen and oxygen atoms in total. The summed E-state index contributed by atoms with van der Waals surface area (Å²) in [5, 5.41) is 3.01. The lowest BCUT2D eigenvalue weighted by Gasteiger charge is -2.21. The standard InChI is InChI=1S/C15H24N2O2/c1-15(2,3)12-5-6-13(19-4)11(9-12)7-8-17-10-14(16)18/h5-6,9,17H,7-8,10H2,1-4H3,(H2,16,18). The molecule has 106 valence electrons. The van der Waals surface area contributed by atoms with Crippen LogP contribution in [0.4, 0.5) is 0 Å². The maximum atomic E-state index is 10.7. The number of carbonyl (C=O) groups excluding carboxylic acids is 1. The van der Waals surface area contributed by atoms with Gasteiger partial charge < -0.3 is 15.8 Å². The first-order chi connectivity index (χ1) is 8.84. The number of nitrogens with two attached hydrogens (primary N) is 1. The Labute approximate surface area is 115 Å². The van der Waals surface area contributed by atoms with E-state index in [1.54, 1.807) is 7.11 Å². The summed E-state index contributed by atoms with van der Waals surface area (Å²) in [4.78, 5) is 10.7. The van der Waals surface area contributed by atoms with Crippen LogP contribution < -0.4 is 15.8 Å². The summed E-state index contributed by atoms with van der Waals surface area (Å²) in [5.41, 5.74) is 7.62. The van der Waals surface area contributed by atoms with Crippen LogP contribution in [0.5, 0.6) is 5.75 Å². The number of primary amides is 1. The second-order valence-corrected chi connectivity index (χ2v) is 5.67. The first-order valence-electron chi connectivity index (χ1n) is 6.51. The summed E-state index contributed by atoms with van der Waals surface area (Å²) < 4.78 is 5.37. The van der Waals surface area contributed by atoms with Crippen molar-refractivity contribution in [2.75, 3.05) is 20.2 Å². The third kappa shape index (κ3) is 4.91. The van der Waals surface area contributed by atoms with Gasteiger partial charge in [-0.2, -0.15) is 0 Å². The Morgan fingerprint density at radius 3 is 2.58 bits per heavy atom. The number of amides is 1. The van der Waals surface area contributed by atoms with Crippen LogP contribution in [0.25, 0.3) is 0 Å². The van der Waals surface area contributed by atoms with Gasteiger partial charge in [-0.3, -0.25) is 4.79 Å². The predicted molar refractivity (Wildman–Crippen MR) is 77.5 cm³/mol. The monoisotopic (exact) mass is 264 g/mol. The van der Waals surface area contributed by atoms with E-state index in [1.165, 1.54) is 5.56 Å². The molecule has 19 heavy (non-hydrogen) atoms. The van der Waals surface area contributed by atoms with Crippen LogP contribution in [-0.4, -0.2) is 26.1 Å². The van der Waals surface area contributed by atoms with Crippen molar-refractivity contribution < 1.29 is 9.53 Å². The number of hydrogen-bond acceptors (Lipinski definition) is 3. The fourth-order valence-corrected chi connectivity index (χ4v) is 1.88. The van der Waals surface area contributed by atoms with Gasteiger partial charge in [0.15, 0.2) is 0 Å². The van der Waals surface area contributed by atoms with Crippen molar-refractivity contribution in [3.05, 3.63) is 29.3 Å². The second kappa shape index (κ2) is 6.57. The Hall–Kier alpha value is -1.55. The number of carbonyl (C=O) groups is 1. The highest BCUT2D eigenvalue weighted by Gasteiger charge is 2.15. The molecule has 0 radical (unpaired) electrons. The Bertz CT molecular complexity index is 436. The Morgan fingerprint density at radius 1 is 1.37 bits per heavy atom. The highest BCUT2D eigenvalue weighted by molar-refractivity contribution is 5.75. The molecule has 1 aromatic rings. The molecule has 0 heterocycles.